The zero-order chi connectivity index (χ0) is 14.4. The van der Waals surface area contributed by atoms with E-state index in [1.807, 2.05) is 36.4 Å². The monoisotopic (exact) mass is 330 g/mol. The summed E-state index contributed by atoms with van der Waals surface area (Å²) >= 11 is 3.43. The van der Waals surface area contributed by atoms with Crippen LogP contribution in [0.25, 0.3) is 0 Å². The molecule has 2 aromatic carbocycles. The third-order valence-corrected chi connectivity index (χ3v) is 3.84. The molecule has 0 aliphatic rings. The van der Waals surface area contributed by atoms with E-state index in [4.69, 9.17) is 0 Å². The zero-order valence-corrected chi connectivity index (χ0v) is 13.3. The normalized spacial score (nSPS) is 10.5. The summed E-state index contributed by atoms with van der Waals surface area (Å²) in [6, 6.07) is 16.0. The Morgan fingerprint density at radius 2 is 1.80 bits per heavy atom. The Morgan fingerprint density at radius 1 is 1.05 bits per heavy atom. The van der Waals surface area contributed by atoms with Gasteiger partial charge in [-0.15, -0.1) is 0 Å². The Bertz CT molecular complexity index is 572. The molecule has 0 bridgehead atoms. The molecule has 0 aliphatic heterocycles. The molecular formula is C18H19BrO. The zero-order valence-electron chi connectivity index (χ0n) is 11.7. The van der Waals surface area contributed by atoms with E-state index in [0.717, 1.165) is 22.0 Å². The number of aryl methyl sites for hydroxylation is 1. The molecule has 2 heteroatoms. The van der Waals surface area contributed by atoms with Gasteiger partial charge in [0.05, 0.1) is 0 Å². The lowest BCUT2D eigenvalue weighted by Gasteiger charge is -2.04. The van der Waals surface area contributed by atoms with E-state index in [0.29, 0.717) is 6.42 Å². The average molecular weight is 331 g/mol. The highest BCUT2D eigenvalue weighted by molar-refractivity contribution is 9.10. The molecule has 0 fully saturated rings. The van der Waals surface area contributed by atoms with Crippen molar-refractivity contribution in [2.45, 2.75) is 32.6 Å². The molecule has 0 atom stereocenters. The smallest absolute Gasteiger partial charge is 0.167 e. The van der Waals surface area contributed by atoms with Crippen LogP contribution in [0, 0.1) is 0 Å². The molecule has 0 heterocycles. The first kappa shape index (κ1) is 15.0. The van der Waals surface area contributed by atoms with Gasteiger partial charge in [0.25, 0.3) is 0 Å². The molecular weight excluding hydrogens is 312 g/mol. The number of Topliss-reactive ketones (excluding diaryl/α,β-unsaturated/α-hetero) is 1. The Kier molecular flexibility index (Phi) is 5.54. The van der Waals surface area contributed by atoms with Crippen LogP contribution >= 0.6 is 15.9 Å². The number of carbonyl (C=O) groups excluding carboxylic acids is 1. The minimum Gasteiger partial charge on any atom is -0.294 e. The van der Waals surface area contributed by atoms with E-state index >= 15 is 0 Å². The van der Waals surface area contributed by atoms with Gasteiger partial charge in [-0.3, -0.25) is 4.79 Å². The van der Waals surface area contributed by atoms with Gasteiger partial charge < -0.3 is 0 Å². The topological polar surface area (TPSA) is 17.1 Å². The van der Waals surface area contributed by atoms with E-state index in [1.54, 1.807) is 0 Å². The van der Waals surface area contributed by atoms with Gasteiger partial charge in [0.2, 0.25) is 0 Å². The summed E-state index contributed by atoms with van der Waals surface area (Å²) in [4.78, 5) is 12.2. The molecule has 0 saturated heterocycles. The summed E-state index contributed by atoms with van der Waals surface area (Å²) < 4.78 is 1.01. The minimum atomic E-state index is 0.171. The summed E-state index contributed by atoms with van der Waals surface area (Å²) in [6.45, 7) is 2.19. The van der Waals surface area contributed by atoms with Gasteiger partial charge in [-0.2, -0.15) is 0 Å². The number of hydrogen-bond donors (Lipinski definition) is 0. The Hall–Kier alpha value is -1.41. The number of benzene rings is 2. The lowest BCUT2D eigenvalue weighted by atomic mass is 10.0. The van der Waals surface area contributed by atoms with Gasteiger partial charge in [0.15, 0.2) is 5.78 Å². The Balaban J connectivity index is 2.02. The van der Waals surface area contributed by atoms with Crippen molar-refractivity contribution in [1.29, 1.82) is 0 Å². The van der Waals surface area contributed by atoms with Crippen LogP contribution in [0.3, 0.4) is 0 Å². The molecule has 0 aromatic heterocycles. The molecule has 0 saturated carbocycles. The highest BCUT2D eigenvalue weighted by Crippen LogP contribution is 2.15. The van der Waals surface area contributed by atoms with Crippen molar-refractivity contribution in [1.82, 2.24) is 0 Å². The fourth-order valence-electron chi connectivity index (χ4n) is 2.17. The largest absolute Gasteiger partial charge is 0.294 e. The van der Waals surface area contributed by atoms with Crippen molar-refractivity contribution in [3.63, 3.8) is 0 Å². The third kappa shape index (κ3) is 4.31. The van der Waals surface area contributed by atoms with Crippen molar-refractivity contribution in [3.8, 4) is 0 Å². The summed E-state index contributed by atoms with van der Waals surface area (Å²) in [6.07, 6.45) is 3.94. The molecule has 2 aromatic rings. The first-order valence-corrected chi connectivity index (χ1v) is 7.85. The van der Waals surface area contributed by atoms with Crippen LogP contribution in [0.2, 0.25) is 0 Å². The number of halogens is 1. The molecule has 20 heavy (non-hydrogen) atoms. The van der Waals surface area contributed by atoms with Crippen LogP contribution < -0.4 is 0 Å². The number of carbonyl (C=O) groups is 1. The van der Waals surface area contributed by atoms with E-state index < -0.39 is 0 Å². The third-order valence-electron chi connectivity index (χ3n) is 3.35. The second kappa shape index (κ2) is 7.39. The van der Waals surface area contributed by atoms with Gasteiger partial charge in [0, 0.05) is 16.5 Å². The van der Waals surface area contributed by atoms with Crippen molar-refractivity contribution in [2.75, 3.05) is 0 Å². The van der Waals surface area contributed by atoms with E-state index in [9.17, 15) is 4.79 Å². The first-order valence-electron chi connectivity index (χ1n) is 7.05. The van der Waals surface area contributed by atoms with E-state index in [1.165, 1.54) is 18.4 Å². The highest BCUT2D eigenvalue weighted by Gasteiger charge is 2.07. The quantitative estimate of drug-likeness (QED) is 0.664. The lowest BCUT2D eigenvalue weighted by molar-refractivity contribution is 0.0993. The molecule has 0 aliphatic carbocycles. The molecule has 0 amide bonds. The molecule has 0 N–H and O–H groups in total. The summed E-state index contributed by atoms with van der Waals surface area (Å²) in [5, 5.41) is 0. The van der Waals surface area contributed by atoms with Crippen LogP contribution in [0.5, 0.6) is 0 Å². The predicted molar refractivity (Wildman–Crippen MR) is 87.2 cm³/mol. The Morgan fingerprint density at radius 3 is 2.45 bits per heavy atom. The van der Waals surface area contributed by atoms with Gasteiger partial charge in [-0.25, -0.2) is 0 Å². The van der Waals surface area contributed by atoms with Crippen LogP contribution in [0.1, 0.15) is 41.3 Å². The Labute approximate surface area is 129 Å². The SMILES string of the molecule is CCCCc1ccc(C(=O)Cc2cccc(Br)c2)cc1. The summed E-state index contributed by atoms with van der Waals surface area (Å²) in [5.41, 5.74) is 3.15. The van der Waals surface area contributed by atoms with Crippen LogP contribution in [-0.4, -0.2) is 5.78 Å². The number of hydrogen-bond acceptors (Lipinski definition) is 1. The predicted octanol–water partition coefficient (Wildman–Crippen LogP) is 5.22. The van der Waals surface area contributed by atoms with Gasteiger partial charge in [0.1, 0.15) is 0 Å². The van der Waals surface area contributed by atoms with Crippen molar-refractivity contribution < 1.29 is 4.79 Å². The summed E-state index contributed by atoms with van der Waals surface area (Å²) in [5.74, 6) is 0.171. The number of rotatable bonds is 6. The van der Waals surface area contributed by atoms with Gasteiger partial charge in [-0.05, 0) is 36.1 Å². The first-order chi connectivity index (χ1) is 9.69. The molecule has 0 unspecified atom stereocenters. The fraction of sp³-hybridized carbons (Fsp3) is 0.278. The van der Waals surface area contributed by atoms with Crippen LogP contribution in [0.4, 0.5) is 0 Å². The van der Waals surface area contributed by atoms with Gasteiger partial charge in [-0.1, -0.05) is 65.7 Å². The second-order valence-electron chi connectivity index (χ2n) is 5.03. The number of ketones is 1. The van der Waals surface area contributed by atoms with Crippen molar-refractivity contribution in [3.05, 3.63) is 69.7 Å². The standard InChI is InChI=1S/C18H19BrO/c1-2-3-5-14-8-10-16(11-9-14)18(20)13-15-6-4-7-17(19)12-15/h4,6-12H,2-3,5,13H2,1H3. The molecule has 104 valence electrons. The maximum Gasteiger partial charge on any atom is 0.167 e. The molecule has 1 nitrogen and oxygen atoms in total. The number of unbranched alkanes of at least 4 members (excludes halogenated alkanes) is 1. The van der Waals surface area contributed by atoms with E-state index in [-0.39, 0.29) is 5.78 Å². The van der Waals surface area contributed by atoms with Crippen molar-refractivity contribution in [2.24, 2.45) is 0 Å². The maximum atomic E-state index is 12.2. The average Bonchev–Trinajstić information content (AvgIpc) is 2.45. The highest BCUT2D eigenvalue weighted by atomic mass is 79.9. The molecule has 0 spiro atoms. The van der Waals surface area contributed by atoms with Crippen LogP contribution in [-0.2, 0) is 12.8 Å². The van der Waals surface area contributed by atoms with Crippen LogP contribution in [0.15, 0.2) is 53.0 Å². The second-order valence-corrected chi connectivity index (χ2v) is 5.95. The minimum absolute atomic E-state index is 0.171. The molecule has 0 radical (unpaired) electrons. The van der Waals surface area contributed by atoms with Gasteiger partial charge >= 0.3 is 0 Å². The lowest BCUT2D eigenvalue weighted by Crippen LogP contribution is -2.03. The summed E-state index contributed by atoms with van der Waals surface area (Å²) in [7, 11) is 0. The maximum absolute atomic E-state index is 12.2. The van der Waals surface area contributed by atoms with Crippen molar-refractivity contribution >= 4 is 21.7 Å². The van der Waals surface area contributed by atoms with E-state index in [2.05, 4.69) is 35.0 Å². The fourth-order valence-corrected chi connectivity index (χ4v) is 2.62. The molecule has 2 rings (SSSR count).